The minimum absolute atomic E-state index is 0.102. The maximum Gasteiger partial charge on any atom is 0.258 e. The molecule has 0 radical (unpaired) electrons. The number of methoxy groups -OCH3 is 1. The van der Waals surface area contributed by atoms with Crippen molar-refractivity contribution in [2.45, 2.75) is 13.0 Å². The average molecular weight is 235 g/mol. The van der Waals surface area contributed by atoms with Gasteiger partial charge in [0, 0.05) is 12.7 Å². The summed E-state index contributed by atoms with van der Waals surface area (Å²) in [6, 6.07) is 7.22. The maximum atomic E-state index is 12.1. The molecule has 2 rings (SSSR count). The van der Waals surface area contributed by atoms with Gasteiger partial charge < -0.3 is 9.30 Å². The molecule has 17 heavy (non-hydrogen) atoms. The Labute approximate surface area is 98.4 Å². The van der Waals surface area contributed by atoms with Crippen LogP contribution in [0.5, 0.6) is 5.75 Å². The molecule has 4 heteroatoms. The van der Waals surface area contributed by atoms with Crippen molar-refractivity contribution < 1.29 is 9.13 Å². The quantitative estimate of drug-likeness (QED) is 0.814. The Morgan fingerprint density at radius 2 is 2.18 bits per heavy atom. The molecule has 3 nitrogen and oxygen atoms in total. The van der Waals surface area contributed by atoms with Gasteiger partial charge in [-0.05, 0) is 30.0 Å². The van der Waals surface area contributed by atoms with Crippen LogP contribution in [0.25, 0.3) is 10.8 Å². The smallest absolute Gasteiger partial charge is 0.258 e. The second-order valence-corrected chi connectivity index (χ2v) is 3.81. The fourth-order valence-corrected chi connectivity index (χ4v) is 1.79. The van der Waals surface area contributed by atoms with Crippen LogP contribution < -0.4 is 10.3 Å². The summed E-state index contributed by atoms with van der Waals surface area (Å²) in [7, 11) is 1.56. The molecule has 0 N–H and O–H groups in total. The first kappa shape index (κ1) is 11.6. The van der Waals surface area contributed by atoms with Crippen molar-refractivity contribution in [3.05, 3.63) is 40.8 Å². The number of hydrogen-bond acceptors (Lipinski definition) is 2. The Balaban J connectivity index is 2.52. The van der Waals surface area contributed by atoms with E-state index < -0.39 is 6.67 Å². The van der Waals surface area contributed by atoms with Gasteiger partial charge in [0.1, 0.15) is 5.75 Å². The second kappa shape index (κ2) is 4.99. The van der Waals surface area contributed by atoms with E-state index in [1.807, 2.05) is 18.2 Å². The van der Waals surface area contributed by atoms with E-state index in [1.165, 1.54) is 4.57 Å². The van der Waals surface area contributed by atoms with Crippen LogP contribution >= 0.6 is 0 Å². The van der Waals surface area contributed by atoms with Crippen molar-refractivity contribution >= 4 is 10.8 Å². The summed E-state index contributed by atoms with van der Waals surface area (Å²) in [5, 5.41) is 1.47. The molecule has 0 aliphatic carbocycles. The number of ether oxygens (including phenoxy) is 1. The van der Waals surface area contributed by atoms with E-state index in [-0.39, 0.29) is 5.56 Å². The summed E-state index contributed by atoms with van der Waals surface area (Å²) in [5.41, 5.74) is -0.102. The topological polar surface area (TPSA) is 31.2 Å². The van der Waals surface area contributed by atoms with Crippen LogP contribution in [0.1, 0.15) is 6.42 Å². The Bertz CT molecular complexity index is 577. The molecule has 0 atom stereocenters. The minimum atomic E-state index is -0.414. The predicted molar refractivity (Wildman–Crippen MR) is 65.4 cm³/mol. The SMILES string of the molecule is COc1ccc2ccn(CCCF)c(=O)c2c1. The lowest BCUT2D eigenvalue weighted by atomic mass is 10.1. The van der Waals surface area contributed by atoms with Gasteiger partial charge >= 0.3 is 0 Å². The molecule has 0 fully saturated rings. The molecule has 1 aromatic carbocycles. The number of benzene rings is 1. The number of rotatable bonds is 4. The Morgan fingerprint density at radius 3 is 2.88 bits per heavy atom. The van der Waals surface area contributed by atoms with Crippen LogP contribution in [-0.4, -0.2) is 18.4 Å². The first-order valence-corrected chi connectivity index (χ1v) is 5.49. The van der Waals surface area contributed by atoms with Crippen LogP contribution in [0, 0.1) is 0 Å². The highest BCUT2D eigenvalue weighted by Crippen LogP contribution is 2.17. The number of halogens is 1. The fourth-order valence-electron chi connectivity index (χ4n) is 1.79. The summed E-state index contributed by atoms with van der Waals surface area (Å²) in [6.45, 7) is -0.00886. The molecule has 0 saturated carbocycles. The van der Waals surface area contributed by atoms with E-state index in [4.69, 9.17) is 4.74 Å². The van der Waals surface area contributed by atoms with E-state index in [2.05, 4.69) is 0 Å². The molecule has 0 saturated heterocycles. The number of aromatic nitrogens is 1. The number of alkyl halides is 1. The minimum Gasteiger partial charge on any atom is -0.497 e. The molecular formula is C13H14FNO2. The molecule has 0 spiro atoms. The average Bonchev–Trinajstić information content (AvgIpc) is 2.38. The number of fused-ring (bicyclic) bond motifs is 1. The summed E-state index contributed by atoms with van der Waals surface area (Å²) < 4.78 is 18.7. The lowest BCUT2D eigenvalue weighted by Gasteiger charge is -2.07. The van der Waals surface area contributed by atoms with Gasteiger partial charge in [0.05, 0.1) is 19.2 Å². The van der Waals surface area contributed by atoms with Crippen molar-refractivity contribution in [1.82, 2.24) is 4.57 Å². The zero-order valence-electron chi connectivity index (χ0n) is 9.65. The van der Waals surface area contributed by atoms with Crippen LogP contribution in [0.4, 0.5) is 4.39 Å². The molecule has 0 unspecified atom stereocenters. The third kappa shape index (κ3) is 2.30. The van der Waals surface area contributed by atoms with Crippen molar-refractivity contribution in [2.75, 3.05) is 13.8 Å². The fraction of sp³-hybridized carbons (Fsp3) is 0.308. The van der Waals surface area contributed by atoms with Crippen molar-refractivity contribution in [2.24, 2.45) is 0 Å². The highest BCUT2D eigenvalue weighted by atomic mass is 19.1. The Morgan fingerprint density at radius 1 is 1.35 bits per heavy atom. The second-order valence-electron chi connectivity index (χ2n) is 3.81. The highest BCUT2D eigenvalue weighted by molar-refractivity contribution is 5.82. The standard InChI is InChI=1S/C13H14FNO2/c1-17-11-4-3-10-5-8-15(7-2-6-14)13(16)12(10)9-11/h3-5,8-9H,2,6-7H2,1H3. The van der Waals surface area contributed by atoms with Crippen LogP contribution in [0.3, 0.4) is 0 Å². The summed E-state index contributed by atoms with van der Waals surface area (Å²) in [6.07, 6.45) is 2.06. The van der Waals surface area contributed by atoms with Gasteiger partial charge in [0.25, 0.3) is 5.56 Å². The van der Waals surface area contributed by atoms with Crippen molar-refractivity contribution in [3.63, 3.8) is 0 Å². The van der Waals surface area contributed by atoms with Crippen LogP contribution in [0.2, 0.25) is 0 Å². The Kier molecular flexibility index (Phi) is 3.42. The van der Waals surface area contributed by atoms with Crippen LogP contribution in [0.15, 0.2) is 35.3 Å². The maximum absolute atomic E-state index is 12.1. The summed E-state index contributed by atoms with van der Waals surface area (Å²) in [4.78, 5) is 12.1. The normalized spacial score (nSPS) is 10.7. The van der Waals surface area contributed by atoms with E-state index in [0.717, 1.165) is 5.39 Å². The lowest BCUT2D eigenvalue weighted by molar-refractivity contribution is 0.415. The monoisotopic (exact) mass is 235 g/mol. The molecular weight excluding hydrogens is 221 g/mol. The van der Waals surface area contributed by atoms with Gasteiger partial charge in [0.2, 0.25) is 0 Å². The summed E-state index contributed by atoms with van der Waals surface area (Å²) in [5.74, 6) is 0.651. The number of hydrogen-bond donors (Lipinski definition) is 0. The number of nitrogens with zero attached hydrogens (tertiary/aromatic N) is 1. The molecule has 1 aromatic heterocycles. The molecule has 0 aliphatic rings. The molecule has 0 amide bonds. The van der Waals surface area contributed by atoms with Crippen LogP contribution in [-0.2, 0) is 6.54 Å². The third-order valence-corrected chi connectivity index (χ3v) is 2.72. The third-order valence-electron chi connectivity index (χ3n) is 2.72. The molecule has 2 aromatic rings. The zero-order chi connectivity index (χ0) is 12.3. The van der Waals surface area contributed by atoms with Gasteiger partial charge in [-0.3, -0.25) is 9.18 Å². The van der Waals surface area contributed by atoms with Gasteiger partial charge in [-0.15, -0.1) is 0 Å². The molecule has 1 heterocycles. The van der Waals surface area contributed by atoms with E-state index in [0.29, 0.717) is 24.1 Å². The van der Waals surface area contributed by atoms with E-state index in [1.54, 1.807) is 19.4 Å². The lowest BCUT2D eigenvalue weighted by Crippen LogP contribution is -2.19. The predicted octanol–water partition coefficient (Wildman–Crippen LogP) is 2.37. The Hall–Kier alpha value is -1.84. The van der Waals surface area contributed by atoms with Gasteiger partial charge in [-0.1, -0.05) is 6.07 Å². The first-order valence-electron chi connectivity index (χ1n) is 5.49. The largest absolute Gasteiger partial charge is 0.497 e. The van der Waals surface area contributed by atoms with E-state index >= 15 is 0 Å². The number of aryl methyl sites for hydroxylation is 1. The summed E-state index contributed by atoms with van der Waals surface area (Å²) >= 11 is 0. The van der Waals surface area contributed by atoms with E-state index in [9.17, 15) is 9.18 Å². The van der Waals surface area contributed by atoms with Crippen molar-refractivity contribution in [3.8, 4) is 5.75 Å². The molecule has 0 aliphatic heterocycles. The van der Waals surface area contributed by atoms with Crippen molar-refractivity contribution in [1.29, 1.82) is 0 Å². The van der Waals surface area contributed by atoms with Gasteiger partial charge in [0.15, 0.2) is 0 Å². The highest BCUT2D eigenvalue weighted by Gasteiger charge is 2.04. The zero-order valence-corrected chi connectivity index (χ0v) is 9.65. The van der Waals surface area contributed by atoms with Gasteiger partial charge in [-0.25, -0.2) is 0 Å². The first-order chi connectivity index (χ1) is 8.26. The molecule has 90 valence electrons. The van der Waals surface area contributed by atoms with Gasteiger partial charge in [-0.2, -0.15) is 0 Å². The number of pyridine rings is 1. The molecule has 0 bridgehead atoms.